The number of rotatable bonds is 4. The molecule has 0 aliphatic carbocycles. The smallest absolute Gasteiger partial charge is 0.265 e. The number of hydrogen-bond donors (Lipinski definition) is 1. The van der Waals surface area contributed by atoms with Crippen LogP contribution in [0.5, 0.6) is 0 Å². The molecule has 0 saturated carbocycles. The summed E-state index contributed by atoms with van der Waals surface area (Å²) in [5.74, 6) is -9.91. The molecule has 31 heavy (non-hydrogen) atoms. The highest BCUT2D eigenvalue weighted by molar-refractivity contribution is 7.12. The van der Waals surface area contributed by atoms with Gasteiger partial charge < -0.3 is 15.1 Å². The molecule has 2 aromatic carbocycles. The second-order valence-corrected chi connectivity index (χ2v) is 7.82. The van der Waals surface area contributed by atoms with Gasteiger partial charge in [0.15, 0.2) is 23.3 Å². The first kappa shape index (κ1) is 21.1. The number of carbonyl (C=O) groups excluding carboxylic acids is 1. The molecule has 0 unspecified atom stereocenters. The van der Waals surface area contributed by atoms with E-state index in [0.29, 0.717) is 23.7 Å². The molecule has 1 aliphatic rings. The fourth-order valence-electron chi connectivity index (χ4n) is 3.42. The molecule has 1 N–H and O–H groups in total. The first-order chi connectivity index (χ1) is 14.9. The van der Waals surface area contributed by atoms with Gasteiger partial charge in [0.2, 0.25) is 5.82 Å². The van der Waals surface area contributed by atoms with Crippen molar-refractivity contribution in [2.45, 2.75) is 0 Å². The van der Waals surface area contributed by atoms with Crippen molar-refractivity contribution in [2.24, 2.45) is 0 Å². The molecular weight excluding hydrogens is 437 g/mol. The van der Waals surface area contributed by atoms with Crippen LogP contribution in [0.4, 0.5) is 39.0 Å². The third kappa shape index (κ3) is 4.07. The molecule has 4 rings (SSSR count). The number of amides is 1. The van der Waals surface area contributed by atoms with Crippen LogP contribution >= 0.6 is 11.3 Å². The van der Waals surface area contributed by atoms with Crippen molar-refractivity contribution >= 4 is 34.3 Å². The summed E-state index contributed by atoms with van der Waals surface area (Å²) in [6.07, 6.45) is 0. The van der Waals surface area contributed by atoms with Crippen molar-refractivity contribution in [3.8, 4) is 0 Å². The largest absolute Gasteiger partial charge is 0.368 e. The van der Waals surface area contributed by atoms with E-state index >= 15 is 0 Å². The molecule has 0 atom stereocenters. The highest BCUT2D eigenvalue weighted by Gasteiger charge is 2.30. The average Bonchev–Trinajstić information content (AvgIpc) is 3.33. The molecule has 1 aliphatic heterocycles. The molecule has 162 valence electrons. The van der Waals surface area contributed by atoms with Crippen molar-refractivity contribution in [3.63, 3.8) is 0 Å². The normalized spacial score (nSPS) is 14.1. The van der Waals surface area contributed by atoms with Crippen LogP contribution in [0.2, 0.25) is 0 Å². The van der Waals surface area contributed by atoms with Gasteiger partial charge in [-0.05, 0) is 35.7 Å². The van der Waals surface area contributed by atoms with Crippen LogP contribution in [0.15, 0.2) is 41.8 Å². The monoisotopic (exact) mass is 453 g/mol. The van der Waals surface area contributed by atoms with Gasteiger partial charge in [-0.1, -0.05) is 6.07 Å². The number of benzene rings is 2. The quantitative estimate of drug-likeness (QED) is 0.342. The lowest BCUT2D eigenvalue weighted by Crippen LogP contribution is -2.47. The van der Waals surface area contributed by atoms with Gasteiger partial charge in [0.05, 0.1) is 4.88 Å². The van der Waals surface area contributed by atoms with E-state index in [-0.39, 0.29) is 19.0 Å². The van der Waals surface area contributed by atoms with Gasteiger partial charge in [0.1, 0.15) is 5.69 Å². The Balaban J connectivity index is 1.42. The summed E-state index contributed by atoms with van der Waals surface area (Å²) < 4.78 is 68.3. The fraction of sp³-hybridized carbons (Fsp3) is 0.190. The van der Waals surface area contributed by atoms with Crippen molar-refractivity contribution in [1.82, 2.24) is 0 Å². The second kappa shape index (κ2) is 8.54. The predicted octanol–water partition coefficient (Wildman–Crippen LogP) is 5.02. The van der Waals surface area contributed by atoms with Crippen LogP contribution < -0.4 is 15.1 Å². The van der Waals surface area contributed by atoms with Crippen molar-refractivity contribution in [1.29, 1.82) is 0 Å². The zero-order valence-corrected chi connectivity index (χ0v) is 16.8. The van der Waals surface area contributed by atoms with Crippen LogP contribution in [-0.4, -0.2) is 32.1 Å². The number of halogens is 5. The molecule has 1 fully saturated rings. The third-order valence-corrected chi connectivity index (χ3v) is 5.89. The van der Waals surface area contributed by atoms with Gasteiger partial charge in [0, 0.05) is 37.6 Å². The Labute approximate surface area is 178 Å². The van der Waals surface area contributed by atoms with E-state index in [1.54, 1.807) is 36.4 Å². The molecule has 1 aromatic heterocycles. The first-order valence-electron chi connectivity index (χ1n) is 9.33. The molecule has 0 bridgehead atoms. The zero-order chi connectivity index (χ0) is 22.1. The minimum absolute atomic E-state index is 0.0786. The van der Waals surface area contributed by atoms with Crippen LogP contribution in [0.3, 0.4) is 0 Å². The van der Waals surface area contributed by atoms with Gasteiger partial charge >= 0.3 is 0 Å². The lowest BCUT2D eigenvalue weighted by molar-refractivity contribution is 0.103. The summed E-state index contributed by atoms with van der Waals surface area (Å²) in [4.78, 5) is 15.8. The molecule has 3 aromatic rings. The zero-order valence-electron chi connectivity index (χ0n) is 16.0. The molecule has 0 radical (unpaired) electrons. The Bertz CT molecular complexity index is 1070. The maximum atomic E-state index is 14.0. The van der Waals surface area contributed by atoms with Crippen LogP contribution in [0, 0.1) is 29.1 Å². The van der Waals surface area contributed by atoms with E-state index in [1.807, 2.05) is 10.3 Å². The average molecular weight is 453 g/mol. The Kier molecular flexibility index (Phi) is 5.81. The fourth-order valence-corrected chi connectivity index (χ4v) is 4.03. The molecule has 10 heteroatoms. The molecular formula is C21H16F5N3OS. The number of anilines is 3. The van der Waals surface area contributed by atoms with Crippen molar-refractivity contribution in [2.75, 3.05) is 41.3 Å². The SMILES string of the molecule is O=C(Nc1ccc(N2CCN(c3c(F)c(F)c(F)c(F)c3F)CC2)cc1)c1cccs1. The summed E-state index contributed by atoms with van der Waals surface area (Å²) in [5, 5.41) is 4.60. The highest BCUT2D eigenvalue weighted by atomic mass is 32.1. The predicted molar refractivity (Wildman–Crippen MR) is 109 cm³/mol. The van der Waals surface area contributed by atoms with E-state index in [2.05, 4.69) is 5.32 Å². The number of thiophene rings is 1. The number of nitrogens with one attached hydrogen (secondary N) is 1. The maximum Gasteiger partial charge on any atom is 0.265 e. The number of nitrogens with zero attached hydrogens (tertiary/aromatic N) is 2. The molecule has 4 nitrogen and oxygen atoms in total. The summed E-state index contributed by atoms with van der Waals surface area (Å²) in [7, 11) is 0. The Morgan fingerprint density at radius 3 is 1.87 bits per heavy atom. The van der Waals surface area contributed by atoms with Gasteiger partial charge in [-0.3, -0.25) is 4.79 Å². The van der Waals surface area contributed by atoms with E-state index < -0.39 is 34.8 Å². The van der Waals surface area contributed by atoms with Gasteiger partial charge in [0.25, 0.3) is 5.91 Å². The van der Waals surface area contributed by atoms with Crippen molar-refractivity contribution < 1.29 is 26.7 Å². The number of piperazine rings is 1. The molecule has 2 heterocycles. The van der Waals surface area contributed by atoms with Crippen molar-refractivity contribution in [3.05, 3.63) is 75.7 Å². The van der Waals surface area contributed by atoms with Gasteiger partial charge in [-0.15, -0.1) is 11.3 Å². The Morgan fingerprint density at radius 2 is 1.32 bits per heavy atom. The second-order valence-electron chi connectivity index (χ2n) is 6.87. The third-order valence-electron chi connectivity index (χ3n) is 5.02. The molecule has 1 amide bonds. The summed E-state index contributed by atoms with van der Waals surface area (Å²) >= 11 is 1.33. The lowest BCUT2D eigenvalue weighted by Gasteiger charge is -2.37. The van der Waals surface area contributed by atoms with Gasteiger partial charge in [-0.2, -0.15) is 0 Å². The number of hydrogen-bond acceptors (Lipinski definition) is 4. The van der Waals surface area contributed by atoms with E-state index in [1.165, 1.54) is 11.3 Å². The minimum atomic E-state index is -2.16. The highest BCUT2D eigenvalue weighted by Crippen LogP contribution is 2.31. The maximum absolute atomic E-state index is 14.0. The lowest BCUT2D eigenvalue weighted by atomic mass is 10.2. The summed E-state index contributed by atoms with van der Waals surface area (Å²) in [5.41, 5.74) is 0.524. The Morgan fingerprint density at radius 1 is 0.774 bits per heavy atom. The van der Waals surface area contributed by atoms with Gasteiger partial charge in [-0.25, -0.2) is 22.0 Å². The van der Waals surface area contributed by atoms with Crippen LogP contribution in [0.25, 0.3) is 0 Å². The standard InChI is InChI=1S/C21H16F5N3OS/c22-15-16(23)18(25)20(19(26)17(15)24)29-9-7-28(8-10-29)13-5-3-12(4-6-13)27-21(30)14-2-1-11-31-14/h1-6,11H,7-10H2,(H,27,30). The van der Waals surface area contributed by atoms with E-state index in [9.17, 15) is 26.7 Å². The summed E-state index contributed by atoms with van der Waals surface area (Å²) in [6.45, 7) is 0.797. The summed E-state index contributed by atoms with van der Waals surface area (Å²) in [6, 6.07) is 10.6. The number of carbonyl (C=O) groups is 1. The topological polar surface area (TPSA) is 35.6 Å². The Hall–Kier alpha value is -3.14. The van der Waals surface area contributed by atoms with E-state index in [0.717, 1.165) is 10.6 Å². The minimum Gasteiger partial charge on any atom is -0.368 e. The van der Waals surface area contributed by atoms with E-state index in [4.69, 9.17) is 0 Å². The van der Waals surface area contributed by atoms with Crippen LogP contribution in [0.1, 0.15) is 9.67 Å². The first-order valence-corrected chi connectivity index (χ1v) is 10.2. The molecule has 0 spiro atoms. The van der Waals surface area contributed by atoms with Crippen LogP contribution in [-0.2, 0) is 0 Å². The molecule has 1 saturated heterocycles.